The maximum Gasteiger partial charge on any atom is 0.133 e. The van der Waals surface area contributed by atoms with E-state index in [0.29, 0.717) is 0 Å². The van der Waals surface area contributed by atoms with Crippen LogP contribution in [-0.2, 0) is 0 Å². The van der Waals surface area contributed by atoms with Gasteiger partial charge in [0.2, 0.25) is 0 Å². The molecular formula is C15H19BrO2. The van der Waals surface area contributed by atoms with E-state index in [4.69, 9.17) is 9.47 Å². The highest BCUT2D eigenvalue weighted by atomic mass is 79.9. The lowest BCUT2D eigenvalue weighted by Crippen LogP contribution is -2.18. The smallest absolute Gasteiger partial charge is 0.133 e. The third-order valence-corrected chi connectivity index (χ3v) is 5.10. The van der Waals surface area contributed by atoms with Gasteiger partial charge in [-0.1, -0.05) is 6.42 Å². The van der Waals surface area contributed by atoms with Gasteiger partial charge in [0, 0.05) is 0 Å². The Hall–Kier alpha value is -0.700. The summed E-state index contributed by atoms with van der Waals surface area (Å²) >= 11 is 3.53. The molecular weight excluding hydrogens is 292 g/mol. The van der Waals surface area contributed by atoms with Crippen LogP contribution in [0.3, 0.4) is 0 Å². The van der Waals surface area contributed by atoms with Crippen molar-refractivity contribution in [2.45, 2.75) is 25.7 Å². The summed E-state index contributed by atoms with van der Waals surface area (Å²) in [6.07, 6.45) is 5.69. The van der Waals surface area contributed by atoms with E-state index in [1.54, 1.807) is 7.11 Å². The minimum atomic E-state index is 0.776. The molecule has 3 heteroatoms. The van der Waals surface area contributed by atoms with Gasteiger partial charge >= 0.3 is 0 Å². The van der Waals surface area contributed by atoms with Crippen LogP contribution in [0.5, 0.6) is 11.5 Å². The summed E-state index contributed by atoms with van der Waals surface area (Å²) in [6.45, 7) is 0.867. The lowest BCUT2D eigenvalue weighted by Gasteiger charge is -2.22. The number of hydrogen-bond acceptors (Lipinski definition) is 2. The molecule has 1 aromatic rings. The van der Waals surface area contributed by atoms with Crippen molar-refractivity contribution in [2.24, 2.45) is 17.8 Å². The summed E-state index contributed by atoms with van der Waals surface area (Å²) in [5.41, 5.74) is 0. The quantitative estimate of drug-likeness (QED) is 0.826. The highest BCUT2D eigenvalue weighted by molar-refractivity contribution is 9.10. The van der Waals surface area contributed by atoms with Crippen LogP contribution in [-0.4, -0.2) is 13.7 Å². The maximum absolute atomic E-state index is 5.97. The highest BCUT2D eigenvalue weighted by Gasteiger charge is 2.39. The van der Waals surface area contributed by atoms with Crippen LogP contribution in [0.25, 0.3) is 0 Å². The third kappa shape index (κ3) is 2.37. The first-order valence-corrected chi connectivity index (χ1v) is 7.52. The first kappa shape index (κ1) is 12.3. The van der Waals surface area contributed by atoms with Gasteiger partial charge in [0.05, 0.1) is 18.2 Å². The fourth-order valence-corrected chi connectivity index (χ4v) is 3.98. The van der Waals surface area contributed by atoms with Gasteiger partial charge in [-0.3, -0.25) is 0 Å². The molecule has 3 rings (SSSR count). The lowest BCUT2D eigenvalue weighted by molar-refractivity contribution is 0.194. The molecule has 2 aliphatic rings. The second-order valence-electron chi connectivity index (χ2n) is 5.54. The Kier molecular flexibility index (Phi) is 3.51. The zero-order chi connectivity index (χ0) is 12.5. The van der Waals surface area contributed by atoms with Crippen molar-refractivity contribution >= 4 is 15.9 Å². The summed E-state index contributed by atoms with van der Waals surface area (Å²) in [6, 6.07) is 5.88. The first-order chi connectivity index (χ1) is 8.76. The van der Waals surface area contributed by atoms with Crippen molar-refractivity contribution in [1.82, 2.24) is 0 Å². The van der Waals surface area contributed by atoms with Crippen molar-refractivity contribution in [3.8, 4) is 11.5 Å². The Bertz CT molecular complexity index is 433. The number of ether oxygens (including phenoxy) is 2. The zero-order valence-corrected chi connectivity index (χ0v) is 12.3. The Morgan fingerprint density at radius 1 is 1.28 bits per heavy atom. The third-order valence-electron chi connectivity index (χ3n) is 4.48. The van der Waals surface area contributed by atoms with Crippen molar-refractivity contribution in [3.05, 3.63) is 22.7 Å². The largest absolute Gasteiger partial charge is 0.497 e. The van der Waals surface area contributed by atoms with Gasteiger partial charge in [-0.25, -0.2) is 0 Å². The average molecular weight is 311 g/mol. The fourth-order valence-electron chi connectivity index (χ4n) is 3.50. The normalized spacial score (nSPS) is 29.6. The molecule has 98 valence electrons. The average Bonchev–Trinajstić information content (AvgIpc) is 2.99. The molecule has 18 heavy (non-hydrogen) atoms. The number of methoxy groups -OCH3 is 1. The molecule has 2 fully saturated rings. The van der Waals surface area contributed by atoms with Crippen molar-refractivity contribution < 1.29 is 9.47 Å². The number of hydrogen-bond donors (Lipinski definition) is 0. The SMILES string of the molecule is COc1ccc(OCC2CC3CCC2C3)c(Br)c1. The van der Waals surface area contributed by atoms with E-state index in [1.165, 1.54) is 25.7 Å². The minimum absolute atomic E-state index is 0.776. The van der Waals surface area contributed by atoms with Crippen LogP contribution in [0.1, 0.15) is 25.7 Å². The first-order valence-electron chi connectivity index (χ1n) is 6.72. The molecule has 0 spiro atoms. The molecule has 2 aliphatic carbocycles. The van der Waals surface area contributed by atoms with Crippen LogP contribution >= 0.6 is 15.9 Å². The van der Waals surface area contributed by atoms with Crippen LogP contribution in [0.2, 0.25) is 0 Å². The molecule has 2 saturated carbocycles. The van der Waals surface area contributed by atoms with Gasteiger partial charge in [0.25, 0.3) is 0 Å². The molecule has 3 unspecified atom stereocenters. The molecule has 0 amide bonds. The van der Waals surface area contributed by atoms with Gasteiger partial charge in [-0.15, -0.1) is 0 Å². The maximum atomic E-state index is 5.97. The lowest BCUT2D eigenvalue weighted by atomic mass is 9.89. The summed E-state index contributed by atoms with van der Waals surface area (Å²) < 4.78 is 12.1. The van der Waals surface area contributed by atoms with E-state index < -0.39 is 0 Å². The van der Waals surface area contributed by atoms with E-state index in [-0.39, 0.29) is 0 Å². The van der Waals surface area contributed by atoms with E-state index in [9.17, 15) is 0 Å². The Morgan fingerprint density at radius 2 is 2.17 bits per heavy atom. The fraction of sp³-hybridized carbons (Fsp3) is 0.600. The van der Waals surface area contributed by atoms with Crippen LogP contribution in [0.15, 0.2) is 22.7 Å². The molecule has 0 N–H and O–H groups in total. The molecule has 0 heterocycles. The molecule has 2 nitrogen and oxygen atoms in total. The predicted octanol–water partition coefficient (Wildman–Crippen LogP) is 4.27. The Labute approximate surface area is 117 Å². The molecule has 0 aliphatic heterocycles. The molecule has 0 radical (unpaired) electrons. The summed E-state index contributed by atoms with van der Waals surface area (Å²) in [5, 5.41) is 0. The van der Waals surface area contributed by atoms with E-state index in [0.717, 1.165) is 40.3 Å². The number of rotatable bonds is 4. The van der Waals surface area contributed by atoms with E-state index >= 15 is 0 Å². The Balaban J connectivity index is 1.60. The van der Waals surface area contributed by atoms with Crippen LogP contribution in [0.4, 0.5) is 0 Å². The van der Waals surface area contributed by atoms with Crippen LogP contribution in [0, 0.1) is 17.8 Å². The predicted molar refractivity (Wildman–Crippen MR) is 75.1 cm³/mol. The topological polar surface area (TPSA) is 18.5 Å². The van der Waals surface area contributed by atoms with Gasteiger partial charge in [0.15, 0.2) is 0 Å². The van der Waals surface area contributed by atoms with Crippen molar-refractivity contribution in [3.63, 3.8) is 0 Å². The molecule has 1 aromatic carbocycles. The number of fused-ring (bicyclic) bond motifs is 2. The minimum Gasteiger partial charge on any atom is -0.497 e. The zero-order valence-electron chi connectivity index (χ0n) is 10.7. The van der Waals surface area contributed by atoms with Gasteiger partial charge in [-0.05, 0) is 71.1 Å². The molecule has 0 aromatic heterocycles. The van der Waals surface area contributed by atoms with E-state index in [2.05, 4.69) is 15.9 Å². The second-order valence-corrected chi connectivity index (χ2v) is 6.40. The molecule has 0 saturated heterocycles. The summed E-state index contributed by atoms with van der Waals surface area (Å²) in [4.78, 5) is 0. The molecule has 3 atom stereocenters. The van der Waals surface area contributed by atoms with Crippen molar-refractivity contribution in [1.29, 1.82) is 0 Å². The van der Waals surface area contributed by atoms with E-state index in [1.807, 2.05) is 18.2 Å². The van der Waals surface area contributed by atoms with Gasteiger partial charge in [0.1, 0.15) is 11.5 Å². The van der Waals surface area contributed by atoms with Crippen molar-refractivity contribution in [2.75, 3.05) is 13.7 Å². The monoisotopic (exact) mass is 310 g/mol. The Morgan fingerprint density at radius 3 is 2.78 bits per heavy atom. The van der Waals surface area contributed by atoms with Gasteiger partial charge < -0.3 is 9.47 Å². The second kappa shape index (κ2) is 5.12. The highest BCUT2D eigenvalue weighted by Crippen LogP contribution is 2.48. The van der Waals surface area contributed by atoms with Gasteiger partial charge in [-0.2, -0.15) is 0 Å². The summed E-state index contributed by atoms with van der Waals surface area (Å²) in [5.74, 6) is 4.47. The summed E-state index contributed by atoms with van der Waals surface area (Å²) in [7, 11) is 1.68. The van der Waals surface area contributed by atoms with Crippen LogP contribution < -0.4 is 9.47 Å². The number of halogens is 1. The standard InChI is InChI=1S/C15H19BrO2/c1-17-13-4-5-15(14(16)8-13)18-9-12-7-10-2-3-11(12)6-10/h4-5,8,10-12H,2-3,6-7,9H2,1H3. The molecule has 2 bridgehead atoms. The number of benzene rings is 1.